The van der Waals surface area contributed by atoms with Crippen LogP contribution >= 0.6 is 0 Å². The van der Waals surface area contributed by atoms with Crippen molar-refractivity contribution in [1.82, 2.24) is 20.0 Å². The Morgan fingerprint density at radius 2 is 1.96 bits per heavy atom. The van der Waals surface area contributed by atoms with Crippen LogP contribution in [0, 0.1) is 5.41 Å². The van der Waals surface area contributed by atoms with E-state index in [-0.39, 0.29) is 17.4 Å². The predicted molar refractivity (Wildman–Crippen MR) is 94.1 cm³/mol. The summed E-state index contributed by atoms with van der Waals surface area (Å²) in [5, 5.41) is 8.66. The molecular formula is C19H24N4O4. The van der Waals surface area contributed by atoms with Gasteiger partial charge in [-0.05, 0) is 32.4 Å². The predicted octanol–water partition coefficient (Wildman–Crippen LogP) is 2.08. The van der Waals surface area contributed by atoms with Crippen LogP contribution in [0.5, 0.6) is 0 Å². The molecule has 0 radical (unpaired) electrons. The summed E-state index contributed by atoms with van der Waals surface area (Å²) in [4.78, 5) is 16.6. The van der Waals surface area contributed by atoms with E-state index < -0.39 is 0 Å². The minimum atomic E-state index is 0.0417. The van der Waals surface area contributed by atoms with Crippen molar-refractivity contribution in [2.24, 2.45) is 5.41 Å². The summed E-state index contributed by atoms with van der Waals surface area (Å²) in [5.41, 5.74) is 0.734. The molecule has 27 heavy (non-hydrogen) atoms. The van der Waals surface area contributed by atoms with Gasteiger partial charge in [-0.25, -0.2) is 0 Å². The normalized spacial score (nSPS) is 25.8. The molecule has 5 rings (SSSR count). The number of nitrogens with zero attached hydrogens (tertiary/aromatic N) is 4. The van der Waals surface area contributed by atoms with Crippen molar-refractivity contribution in [3.05, 3.63) is 35.9 Å². The number of carbonyl (C=O) groups is 1. The molecule has 2 aromatic heterocycles. The zero-order valence-electron chi connectivity index (χ0n) is 15.5. The lowest BCUT2D eigenvalue weighted by molar-refractivity contribution is 0.0114. The minimum Gasteiger partial charge on any atom is -0.472 e. The molecule has 8 heteroatoms. The van der Waals surface area contributed by atoms with Crippen molar-refractivity contribution in [3.8, 4) is 0 Å². The highest BCUT2D eigenvalue weighted by atomic mass is 16.5. The highest BCUT2D eigenvalue weighted by Crippen LogP contribution is 2.48. The molecule has 0 bridgehead atoms. The number of hydrogen-bond acceptors (Lipinski definition) is 7. The third-order valence-electron chi connectivity index (χ3n) is 6.16. The molecular weight excluding hydrogens is 348 g/mol. The zero-order chi connectivity index (χ0) is 18.4. The Kier molecular flexibility index (Phi) is 4.05. The highest BCUT2D eigenvalue weighted by molar-refractivity contribution is 5.94. The van der Waals surface area contributed by atoms with Gasteiger partial charge in [0.2, 0.25) is 11.8 Å². The van der Waals surface area contributed by atoms with Crippen molar-refractivity contribution in [2.45, 2.75) is 31.2 Å². The van der Waals surface area contributed by atoms with Gasteiger partial charge in [-0.2, -0.15) is 0 Å². The molecule has 1 spiro atoms. The summed E-state index contributed by atoms with van der Waals surface area (Å²) < 4.78 is 16.5. The average molecular weight is 372 g/mol. The van der Waals surface area contributed by atoms with Crippen molar-refractivity contribution < 1.29 is 18.4 Å². The fourth-order valence-electron chi connectivity index (χ4n) is 4.74. The summed E-state index contributed by atoms with van der Waals surface area (Å²) in [5.74, 6) is 1.80. The van der Waals surface area contributed by atoms with Gasteiger partial charge in [0.1, 0.15) is 6.26 Å². The van der Waals surface area contributed by atoms with Gasteiger partial charge < -0.3 is 18.5 Å². The van der Waals surface area contributed by atoms with Crippen LogP contribution in [0.3, 0.4) is 0 Å². The van der Waals surface area contributed by atoms with E-state index in [2.05, 4.69) is 22.1 Å². The molecule has 0 aliphatic carbocycles. The van der Waals surface area contributed by atoms with E-state index in [0.717, 1.165) is 58.0 Å². The second-order valence-corrected chi connectivity index (χ2v) is 8.17. The van der Waals surface area contributed by atoms with Crippen LogP contribution in [0.2, 0.25) is 0 Å². The third-order valence-corrected chi connectivity index (χ3v) is 6.16. The summed E-state index contributed by atoms with van der Waals surface area (Å²) in [7, 11) is 2.10. The third kappa shape index (κ3) is 2.96. The van der Waals surface area contributed by atoms with Crippen LogP contribution in [-0.4, -0.2) is 65.8 Å². The van der Waals surface area contributed by atoms with Gasteiger partial charge in [0.25, 0.3) is 5.91 Å². The lowest BCUT2D eigenvalue weighted by atomic mass is 9.77. The Balaban J connectivity index is 1.24. The second-order valence-electron chi connectivity index (χ2n) is 8.17. The number of aromatic nitrogens is 2. The van der Waals surface area contributed by atoms with Crippen molar-refractivity contribution in [3.63, 3.8) is 0 Å². The Bertz CT molecular complexity index is 806. The van der Waals surface area contributed by atoms with Gasteiger partial charge in [0.05, 0.1) is 17.9 Å². The topological polar surface area (TPSA) is 84.8 Å². The molecule has 5 heterocycles. The van der Waals surface area contributed by atoms with Crippen molar-refractivity contribution >= 4 is 5.91 Å². The Labute approximate surface area is 157 Å². The van der Waals surface area contributed by atoms with Gasteiger partial charge in [0, 0.05) is 44.2 Å². The second kappa shape index (κ2) is 6.45. The largest absolute Gasteiger partial charge is 0.472 e. The summed E-state index contributed by atoms with van der Waals surface area (Å²) in [6.45, 7) is 3.98. The minimum absolute atomic E-state index is 0.0417. The number of hydrogen-bond donors (Lipinski definition) is 0. The molecule has 3 aliphatic rings. The van der Waals surface area contributed by atoms with E-state index in [1.807, 2.05) is 4.90 Å². The summed E-state index contributed by atoms with van der Waals surface area (Å²) in [6, 6.07) is 1.84. The number of amides is 1. The first-order valence-electron chi connectivity index (χ1n) is 9.56. The van der Waals surface area contributed by atoms with Crippen LogP contribution in [0.1, 0.15) is 53.4 Å². The summed E-state index contributed by atoms with van der Waals surface area (Å²) in [6.07, 6.45) is 5.86. The summed E-state index contributed by atoms with van der Waals surface area (Å²) >= 11 is 0. The zero-order valence-corrected chi connectivity index (χ0v) is 15.5. The first-order chi connectivity index (χ1) is 13.1. The molecule has 0 aromatic carbocycles. The Morgan fingerprint density at radius 1 is 1.19 bits per heavy atom. The van der Waals surface area contributed by atoms with E-state index in [9.17, 15) is 4.79 Å². The molecule has 3 fully saturated rings. The maximum absolute atomic E-state index is 12.4. The maximum Gasteiger partial charge on any atom is 0.257 e. The lowest BCUT2D eigenvalue weighted by Crippen LogP contribution is -2.59. The molecule has 2 aromatic rings. The van der Waals surface area contributed by atoms with E-state index in [1.165, 1.54) is 12.5 Å². The molecule has 8 nitrogen and oxygen atoms in total. The number of carbonyl (C=O) groups excluding carboxylic acids is 1. The lowest BCUT2D eigenvalue weighted by Gasteiger charge is -2.47. The van der Waals surface area contributed by atoms with Crippen molar-refractivity contribution in [1.29, 1.82) is 0 Å². The molecule has 3 saturated heterocycles. The molecule has 1 amide bonds. The monoisotopic (exact) mass is 372 g/mol. The van der Waals surface area contributed by atoms with Gasteiger partial charge in [0.15, 0.2) is 0 Å². The molecule has 144 valence electrons. The van der Waals surface area contributed by atoms with Crippen LogP contribution < -0.4 is 0 Å². The van der Waals surface area contributed by atoms with Crippen molar-refractivity contribution in [2.75, 3.05) is 39.9 Å². The molecule has 0 saturated carbocycles. The fraction of sp³-hybridized carbons (Fsp3) is 0.632. The molecule has 0 N–H and O–H groups in total. The van der Waals surface area contributed by atoms with E-state index in [0.29, 0.717) is 17.4 Å². The fourth-order valence-corrected chi connectivity index (χ4v) is 4.74. The van der Waals surface area contributed by atoms with Crippen LogP contribution in [0.25, 0.3) is 0 Å². The molecule has 1 unspecified atom stereocenters. The molecule has 3 aliphatic heterocycles. The Morgan fingerprint density at radius 3 is 2.70 bits per heavy atom. The standard InChI is InChI=1S/C19H24N4O4/c1-22-10-19(11-23(12-19)18(24)14-4-7-26-9-14)8-15(22)17-21-20-16(27-17)13-2-5-25-6-3-13/h4,7,9,13,15H,2-3,5-6,8,10-12H2,1H3. The SMILES string of the molecule is CN1CC2(CC1c1nnc(C3CCOCC3)o1)CN(C(=O)c1ccoc1)C2. The first kappa shape index (κ1) is 16.9. The van der Waals surface area contributed by atoms with Crippen LogP contribution in [-0.2, 0) is 4.74 Å². The maximum atomic E-state index is 12.4. The smallest absolute Gasteiger partial charge is 0.257 e. The average Bonchev–Trinajstić information content (AvgIpc) is 3.40. The first-order valence-corrected chi connectivity index (χ1v) is 9.56. The van der Waals surface area contributed by atoms with Gasteiger partial charge >= 0.3 is 0 Å². The number of ether oxygens (including phenoxy) is 1. The van der Waals surface area contributed by atoms with E-state index in [1.54, 1.807) is 6.07 Å². The van der Waals surface area contributed by atoms with Gasteiger partial charge in [-0.1, -0.05) is 0 Å². The van der Waals surface area contributed by atoms with Gasteiger partial charge in [-0.3, -0.25) is 9.69 Å². The number of rotatable bonds is 3. The van der Waals surface area contributed by atoms with E-state index in [4.69, 9.17) is 13.6 Å². The highest BCUT2D eigenvalue weighted by Gasteiger charge is 2.53. The Hall–Kier alpha value is -2.19. The quantitative estimate of drug-likeness (QED) is 0.815. The number of furan rings is 1. The van der Waals surface area contributed by atoms with Crippen LogP contribution in [0.4, 0.5) is 0 Å². The number of likely N-dealkylation sites (tertiary alicyclic amines) is 2. The van der Waals surface area contributed by atoms with Gasteiger partial charge in [-0.15, -0.1) is 10.2 Å². The molecule has 1 atom stereocenters. The van der Waals surface area contributed by atoms with Crippen LogP contribution in [0.15, 0.2) is 27.4 Å². The van der Waals surface area contributed by atoms with E-state index >= 15 is 0 Å².